The molecule has 0 aliphatic rings. The number of ketones is 1. The van der Waals surface area contributed by atoms with Crippen LogP contribution >= 0.6 is 0 Å². The van der Waals surface area contributed by atoms with Gasteiger partial charge in [-0.3, -0.25) is 4.79 Å². The molecular formula is C12H13N3O2. The maximum Gasteiger partial charge on any atom is 0.186 e. The summed E-state index contributed by atoms with van der Waals surface area (Å²) < 4.78 is 6.58. The van der Waals surface area contributed by atoms with Crippen LogP contribution < -0.4 is 4.74 Å². The number of nitrogens with zero attached hydrogens (tertiary/aromatic N) is 3. The number of carbonyl (C=O) groups is 1. The Morgan fingerprint density at radius 1 is 1.47 bits per heavy atom. The first kappa shape index (κ1) is 11.3. The van der Waals surface area contributed by atoms with E-state index in [9.17, 15) is 4.79 Å². The van der Waals surface area contributed by atoms with E-state index in [1.54, 1.807) is 14.2 Å². The Morgan fingerprint density at radius 3 is 2.94 bits per heavy atom. The minimum Gasteiger partial charge on any atom is -0.497 e. The first-order valence-corrected chi connectivity index (χ1v) is 5.21. The summed E-state index contributed by atoms with van der Waals surface area (Å²) >= 11 is 0. The zero-order valence-corrected chi connectivity index (χ0v) is 9.75. The molecule has 1 aromatic heterocycles. The van der Waals surface area contributed by atoms with Gasteiger partial charge in [0.25, 0.3) is 0 Å². The lowest BCUT2D eigenvalue weighted by Crippen LogP contribution is -2.09. The van der Waals surface area contributed by atoms with Crippen LogP contribution in [0.1, 0.15) is 16.1 Å². The van der Waals surface area contributed by atoms with E-state index in [1.807, 2.05) is 24.3 Å². The Kier molecular flexibility index (Phi) is 3.18. The Labute approximate surface area is 99.0 Å². The summed E-state index contributed by atoms with van der Waals surface area (Å²) in [6, 6.07) is 7.45. The van der Waals surface area contributed by atoms with Gasteiger partial charge in [-0.05, 0) is 17.7 Å². The van der Waals surface area contributed by atoms with E-state index in [1.165, 1.54) is 10.9 Å². The second-order valence-corrected chi connectivity index (χ2v) is 3.69. The lowest BCUT2D eigenvalue weighted by atomic mass is 10.1. The van der Waals surface area contributed by atoms with Crippen LogP contribution in [0.15, 0.2) is 30.5 Å². The standard InChI is InChI=1S/C12H13N3O2/c1-15-11(8-13-14-15)12(16)7-9-4-3-5-10(6-9)17-2/h3-6,8H,7H2,1-2H3. The summed E-state index contributed by atoms with van der Waals surface area (Å²) in [7, 11) is 3.30. The molecule has 5 nitrogen and oxygen atoms in total. The fourth-order valence-corrected chi connectivity index (χ4v) is 1.60. The molecule has 0 atom stereocenters. The molecule has 88 valence electrons. The van der Waals surface area contributed by atoms with Gasteiger partial charge in [0.05, 0.1) is 13.3 Å². The number of carbonyl (C=O) groups excluding carboxylic acids is 1. The van der Waals surface area contributed by atoms with Crippen LogP contribution in [-0.4, -0.2) is 27.9 Å². The fourth-order valence-electron chi connectivity index (χ4n) is 1.60. The van der Waals surface area contributed by atoms with Gasteiger partial charge in [0.2, 0.25) is 0 Å². The van der Waals surface area contributed by atoms with Crippen LogP contribution in [0.25, 0.3) is 0 Å². The number of benzene rings is 1. The van der Waals surface area contributed by atoms with Crippen LogP contribution in [-0.2, 0) is 13.5 Å². The Morgan fingerprint density at radius 2 is 2.29 bits per heavy atom. The Bertz CT molecular complexity index is 534. The minimum atomic E-state index is -0.00856. The van der Waals surface area contributed by atoms with Crippen molar-refractivity contribution in [3.8, 4) is 5.75 Å². The van der Waals surface area contributed by atoms with E-state index in [0.717, 1.165) is 11.3 Å². The van der Waals surface area contributed by atoms with Crippen LogP contribution in [0.3, 0.4) is 0 Å². The smallest absolute Gasteiger partial charge is 0.186 e. The molecular weight excluding hydrogens is 218 g/mol. The number of rotatable bonds is 4. The van der Waals surface area contributed by atoms with E-state index in [0.29, 0.717) is 12.1 Å². The largest absolute Gasteiger partial charge is 0.497 e. The second-order valence-electron chi connectivity index (χ2n) is 3.69. The van der Waals surface area contributed by atoms with Crippen molar-refractivity contribution < 1.29 is 9.53 Å². The highest BCUT2D eigenvalue weighted by Gasteiger charge is 2.11. The molecule has 0 saturated heterocycles. The van der Waals surface area contributed by atoms with Crippen LogP contribution in [0.2, 0.25) is 0 Å². The summed E-state index contributed by atoms with van der Waals surface area (Å²) in [4.78, 5) is 12.0. The van der Waals surface area contributed by atoms with Gasteiger partial charge in [0, 0.05) is 13.5 Å². The number of hydrogen-bond acceptors (Lipinski definition) is 4. The van der Waals surface area contributed by atoms with E-state index >= 15 is 0 Å². The predicted molar refractivity (Wildman–Crippen MR) is 62.0 cm³/mol. The van der Waals surface area contributed by atoms with E-state index in [2.05, 4.69) is 10.3 Å². The molecule has 0 unspecified atom stereocenters. The van der Waals surface area contributed by atoms with Crippen molar-refractivity contribution in [3.05, 3.63) is 41.7 Å². The molecule has 0 aliphatic carbocycles. The Balaban J connectivity index is 2.16. The molecule has 2 aromatic rings. The van der Waals surface area contributed by atoms with E-state index < -0.39 is 0 Å². The normalized spacial score (nSPS) is 10.2. The van der Waals surface area contributed by atoms with Crippen LogP contribution in [0, 0.1) is 0 Å². The summed E-state index contributed by atoms with van der Waals surface area (Å²) in [5, 5.41) is 7.42. The van der Waals surface area contributed by atoms with Crippen molar-refractivity contribution >= 4 is 5.78 Å². The quantitative estimate of drug-likeness (QED) is 0.743. The predicted octanol–water partition coefficient (Wildman–Crippen LogP) is 1.25. The van der Waals surface area contributed by atoms with Crippen molar-refractivity contribution in [2.45, 2.75) is 6.42 Å². The topological polar surface area (TPSA) is 57.0 Å². The van der Waals surface area contributed by atoms with E-state index in [4.69, 9.17) is 4.74 Å². The number of hydrogen-bond donors (Lipinski definition) is 0. The summed E-state index contributed by atoms with van der Waals surface area (Å²) in [5.74, 6) is 0.740. The average Bonchev–Trinajstić information content (AvgIpc) is 2.76. The molecule has 0 fully saturated rings. The van der Waals surface area contributed by atoms with Crippen molar-refractivity contribution in [2.75, 3.05) is 7.11 Å². The summed E-state index contributed by atoms with van der Waals surface area (Å²) in [5.41, 5.74) is 1.42. The van der Waals surface area contributed by atoms with Gasteiger partial charge in [-0.1, -0.05) is 17.3 Å². The van der Waals surface area contributed by atoms with Crippen molar-refractivity contribution in [2.24, 2.45) is 7.05 Å². The highest BCUT2D eigenvalue weighted by atomic mass is 16.5. The molecule has 0 aliphatic heterocycles. The zero-order valence-electron chi connectivity index (χ0n) is 9.75. The molecule has 0 saturated carbocycles. The number of ether oxygens (including phenoxy) is 1. The monoisotopic (exact) mass is 231 g/mol. The van der Waals surface area contributed by atoms with Gasteiger partial charge in [0.1, 0.15) is 11.4 Å². The SMILES string of the molecule is COc1cccc(CC(=O)c2cnnn2C)c1. The first-order chi connectivity index (χ1) is 8.20. The molecule has 0 radical (unpaired) electrons. The third-order valence-corrected chi connectivity index (χ3v) is 2.50. The fraction of sp³-hybridized carbons (Fsp3) is 0.250. The van der Waals surface area contributed by atoms with Crippen LogP contribution in [0.4, 0.5) is 0 Å². The molecule has 17 heavy (non-hydrogen) atoms. The van der Waals surface area contributed by atoms with E-state index in [-0.39, 0.29) is 5.78 Å². The molecule has 0 amide bonds. The number of Topliss-reactive ketones (excluding diaryl/α,β-unsaturated/α-hetero) is 1. The Hall–Kier alpha value is -2.17. The van der Waals surface area contributed by atoms with Gasteiger partial charge in [-0.2, -0.15) is 0 Å². The number of methoxy groups -OCH3 is 1. The maximum atomic E-state index is 12.0. The maximum absolute atomic E-state index is 12.0. The molecule has 0 bridgehead atoms. The van der Waals surface area contributed by atoms with Crippen molar-refractivity contribution in [3.63, 3.8) is 0 Å². The summed E-state index contributed by atoms with van der Waals surface area (Å²) in [6.07, 6.45) is 1.79. The van der Waals surface area contributed by atoms with Gasteiger partial charge >= 0.3 is 0 Å². The van der Waals surface area contributed by atoms with Gasteiger partial charge in [-0.15, -0.1) is 5.10 Å². The highest BCUT2D eigenvalue weighted by Crippen LogP contribution is 2.14. The van der Waals surface area contributed by atoms with Crippen molar-refractivity contribution in [1.82, 2.24) is 15.0 Å². The number of aromatic nitrogens is 3. The molecule has 2 rings (SSSR count). The average molecular weight is 231 g/mol. The molecule has 1 heterocycles. The van der Waals surface area contributed by atoms with Gasteiger partial charge in [-0.25, -0.2) is 4.68 Å². The molecule has 5 heteroatoms. The second kappa shape index (κ2) is 4.78. The third-order valence-electron chi connectivity index (χ3n) is 2.50. The molecule has 1 aromatic carbocycles. The van der Waals surface area contributed by atoms with Gasteiger partial charge in [0.15, 0.2) is 5.78 Å². The highest BCUT2D eigenvalue weighted by molar-refractivity contribution is 5.95. The van der Waals surface area contributed by atoms with Crippen molar-refractivity contribution in [1.29, 1.82) is 0 Å². The van der Waals surface area contributed by atoms with Gasteiger partial charge < -0.3 is 4.74 Å². The number of aryl methyl sites for hydroxylation is 1. The zero-order chi connectivity index (χ0) is 12.3. The summed E-state index contributed by atoms with van der Waals surface area (Å²) in [6.45, 7) is 0. The first-order valence-electron chi connectivity index (χ1n) is 5.21. The minimum absolute atomic E-state index is 0.00856. The molecule has 0 N–H and O–H groups in total. The lowest BCUT2D eigenvalue weighted by molar-refractivity contribution is 0.0984. The third kappa shape index (κ3) is 2.50. The van der Waals surface area contributed by atoms with Crippen LogP contribution in [0.5, 0.6) is 5.75 Å². The lowest BCUT2D eigenvalue weighted by Gasteiger charge is -2.03. The molecule has 0 spiro atoms.